The van der Waals surface area contributed by atoms with Gasteiger partial charge >= 0.3 is 0 Å². The van der Waals surface area contributed by atoms with Gasteiger partial charge in [0.1, 0.15) is 6.61 Å². The zero-order valence-corrected chi connectivity index (χ0v) is 10.8. The molecule has 0 aromatic rings. The van der Waals surface area contributed by atoms with E-state index in [1.165, 1.54) is 0 Å². The molecule has 1 saturated heterocycles. The standard InChI is InChI=1S/C12H24N2O2/c1-9(2)16-8-12(15)13-11-5-6-14(4)10(3)7-11/h9-11H,5-8H2,1-4H3,(H,13,15). The normalized spacial score (nSPS) is 27.1. The maximum Gasteiger partial charge on any atom is 0.246 e. The van der Waals surface area contributed by atoms with E-state index in [1.54, 1.807) is 0 Å². The van der Waals surface area contributed by atoms with Gasteiger partial charge in [0.25, 0.3) is 0 Å². The van der Waals surface area contributed by atoms with Crippen LogP contribution >= 0.6 is 0 Å². The van der Waals surface area contributed by atoms with Crippen LogP contribution < -0.4 is 5.32 Å². The van der Waals surface area contributed by atoms with E-state index in [4.69, 9.17) is 4.74 Å². The predicted octanol–water partition coefficient (Wildman–Crippen LogP) is 1.01. The van der Waals surface area contributed by atoms with Crippen molar-refractivity contribution in [3.05, 3.63) is 0 Å². The Bertz CT molecular complexity index is 231. The Kier molecular flexibility index (Phi) is 5.22. The van der Waals surface area contributed by atoms with Gasteiger partial charge in [0.05, 0.1) is 6.10 Å². The van der Waals surface area contributed by atoms with Crippen LogP contribution in [0.5, 0.6) is 0 Å². The minimum Gasteiger partial charge on any atom is -0.369 e. The highest BCUT2D eigenvalue weighted by atomic mass is 16.5. The topological polar surface area (TPSA) is 41.6 Å². The summed E-state index contributed by atoms with van der Waals surface area (Å²) >= 11 is 0. The third kappa shape index (κ3) is 4.49. The Morgan fingerprint density at radius 2 is 2.25 bits per heavy atom. The van der Waals surface area contributed by atoms with E-state index in [0.29, 0.717) is 12.1 Å². The lowest BCUT2D eigenvalue weighted by Crippen LogP contribution is -2.48. The van der Waals surface area contributed by atoms with Gasteiger partial charge in [-0.2, -0.15) is 0 Å². The largest absolute Gasteiger partial charge is 0.369 e. The van der Waals surface area contributed by atoms with Gasteiger partial charge in [0.2, 0.25) is 5.91 Å². The summed E-state index contributed by atoms with van der Waals surface area (Å²) in [5, 5.41) is 3.03. The average molecular weight is 228 g/mol. The molecule has 0 radical (unpaired) electrons. The van der Waals surface area contributed by atoms with Crippen LogP contribution in [0.1, 0.15) is 33.6 Å². The van der Waals surface area contributed by atoms with E-state index in [1.807, 2.05) is 13.8 Å². The van der Waals surface area contributed by atoms with Gasteiger partial charge < -0.3 is 15.0 Å². The summed E-state index contributed by atoms with van der Waals surface area (Å²) < 4.78 is 5.27. The zero-order chi connectivity index (χ0) is 12.1. The average Bonchev–Trinajstić information content (AvgIpc) is 2.21. The van der Waals surface area contributed by atoms with Crippen molar-refractivity contribution < 1.29 is 9.53 Å². The van der Waals surface area contributed by atoms with Crippen LogP contribution in [0.15, 0.2) is 0 Å². The molecule has 0 aromatic heterocycles. The molecule has 4 heteroatoms. The van der Waals surface area contributed by atoms with Crippen molar-refractivity contribution in [1.82, 2.24) is 10.2 Å². The number of hydrogen-bond donors (Lipinski definition) is 1. The number of hydrogen-bond acceptors (Lipinski definition) is 3. The number of carbonyl (C=O) groups is 1. The van der Waals surface area contributed by atoms with Crippen LogP contribution in [0.25, 0.3) is 0 Å². The molecule has 0 bridgehead atoms. The molecule has 1 N–H and O–H groups in total. The molecule has 2 atom stereocenters. The Hall–Kier alpha value is -0.610. The molecule has 1 rings (SSSR count). The summed E-state index contributed by atoms with van der Waals surface area (Å²) in [6.45, 7) is 7.30. The molecule has 0 aromatic carbocycles. The Morgan fingerprint density at radius 1 is 1.56 bits per heavy atom. The minimum absolute atomic E-state index is 0.00968. The van der Waals surface area contributed by atoms with Gasteiger partial charge in [-0.3, -0.25) is 4.79 Å². The molecule has 1 heterocycles. The molecule has 1 aliphatic heterocycles. The number of nitrogens with zero attached hydrogens (tertiary/aromatic N) is 1. The van der Waals surface area contributed by atoms with Crippen LogP contribution in [0.4, 0.5) is 0 Å². The molecule has 1 fully saturated rings. The lowest BCUT2D eigenvalue weighted by atomic mass is 9.99. The van der Waals surface area contributed by atoms with Crippen molar-refractivity contribution >= 4 is 5.91 Å². The second kappa shape index (κ2) is 6.21. The highest BCUT2D eigenvalue weighted by Crippen LogP contribution is 2.14. The Morgan fingerprint density at radius 3 is 2.81 bits per heavy atom. The van der Waals surface area contributed by atoms with Crippen molar-refractivity contribution in [2.45, 2.75) is 51.8 Å². The predicted molar refractivity (Wildman–Crippen MR) is 64.3 cm³/mol. The first-order valence-electron chi connectivity index (χ1n) is 6.10. The number of carbonyl (C=O) groups excluding carboxylic acids is 1. The van der Waals surface area contributed by atoms with Gasteiger partial charge in [-0.1, -0.05) is 0 Å². The molecule has 2 unspecified atom stereocenters. The molecule has 0 aliphatic carbocycles. The number of piperidine rings is 1. The molecule has 94 valence electrons. The molecule has 0 saturated carbocycles. The SMILES string of the molecule is CC(C)OCC(=O)NC1CCN(C)C(C)C1. The first kappa shape index (κ1) is 13.5. The van der Waals surface area contributed by atoms with Crippen LogP contribution in [-0.4, -0.2) is 49.2 Å². The Labute approximate surface area is 98.3 Å². The van der Waals surface area contributed by atoms with Crippen molar-refractivity contribution in [2.24, 2.45) is 0 Å². The van der Waals surface area contributed by atoms with E-state index in [9.17, 15) is 4.79 Å². The fourth-order valence-electron chi connectivity index (χ4n) is 1.93. The molecule has 1 aliphatic rings. The summed E-state index contributed by atoms with van der Waals surface area (Å²) in [4.78, 5) is 13.9. The molecular weight excluding hydrogens is 204 g/mol. The lowest BCUT2D eigenvalue weighted by Gasteiger charge is -2.35. The number of likely N-dealkylation sites (tertiary alicyclic amines) is 1. The van der Waals surface area contributed by atoms with Crippen LogP contribution in [0.2, 0.25) is 0 Å². The van der Waals surface area contributed by atoms with Crippen molar-refractivity contribution in [3.63, 3.8) is 0 Å². The summed E-state index contributed by atoms with van der Waals surface area (Å²) in [5.74, 6) is 0.00968. The van der Waals surface area contributed by atoms with Gasteiger partial charge in [0, 0.05) is 18.6 Å². The number of ether oxygens (including phenoxy) is 1. The summed E-state index contributed by atoms with van der Waals surface area (Å²) in [6, 6.07) is 0.861. The van der Waals surface area contributed by atoms with Crippen LogP contribution in [-0.2, 0) is 9.53 Å². The third-order valence-electron chi connectivity index (χ3n) is 3.12. The molecule has 1 amide bonds. The van der Waals surface area contributed by atoms with E-state index >= 15 is 0 Å². The summed E-state index contributed by atoms with van der Waals surface area (Å²) in [5.41, 5.74) is 0. The second-order valence-electron chi connectivity index (χ2n) is 4.98. The number of nitrogens with one attached hydrogen (secondary N) is 1. The van der Waals surface area contributed by atoms with Crippen molar-refractivity contribution in [1.29, 1.82) is 0 Å². The van der Waals surface area contributed by atoms with E-state index in [0.717, 1.165) is 19.4 Å². The zero-order valence-electron chi connectivity index (χ0n) is 10.8. The van der Waals surface area contributed by atoms with Crippen LogP contribution in [0, 0.1) is 0 Å². The first-order chi connectivity index (χ1) is 7.49. The molecule has 16 heavy (non-hydrogen) atoms. The van der Waals surface area contributed by atoms with Gasteiger partial charge in [-0.15, -0.1) is 0 Å². The molecule has 0 spiro atoms. The molecular formula is C12H24N2O2. The van der Waals surface area contributed by atoms with E-state index in [-0.39, 0.29) is 18.6 Å². The number of rotatable bonds is 4. The minimum atomic E-state index is 0.00968. The van der Waals surface area contributed by atoms with Gasteiger partial charge in [-0.25, -0.2) is 0 Å². The number of amides is 1. The van der Waals surface area contributed by atoms with Gasteiger partial charge in [0.15, 0.2) is 0 Å². The fourth-order valence-corrected chi connectivity index (χ4v) is 1.93. The smallest absolute Gasteiger partial charge is 0.246 e. The monoisotopic (exact) mass is 228 g/mol. The van der Waals surface area contributed by atoms with Gasteiger partial charge in [-0.05, 0) is 40.7 Å². The maximum absolute atomic E-state index is 11.6. The highest BCUT2D eigenvalue weighted by Gasteiger charge is 2.23. The quantitative estimate of drug-likeness (QED) is 0.781. The fraction of sp³-hybridized carbons (Fsp3) is 0.917. The molecule has 4 nitrogen and oxygen atoms in total. The lowest BCUT2D eigenvalue weighted by molar-refractivity contribution is -0.128. The maximum atomic E-state index is 11.6. The van der Waals surface area contributed by atoms with Crippen LogP contribution in [0.3, 0.4) is 0 Å². The third-order valence-corrected chi connectivity index (χ3v) is 3.12. The van der Waals surface area contributed by atoms with Crippen molar-refractivity contribution in [3.8, 4) is 0 Å². The first-order valence-corrected chi connectivity index (χ1v) is 6.10. The van der Waals surface area contributed by atoms with E-state index in [2.05, 4.69) is 24.2 Å². The Balaban J connectivity index is 2.24. The second-order valence-corrected chi connectivity index (χ2v) is 4.98. The van der Waals surface area contributed by atoms with E-state index < -0.39 is 0 Å². The van der Waals surface area contributed by atoms with Crippen molar-refractivity contribution in [2.75, 3.05) is 20.2 Å². The summed E-state index contributed by atoms with van der Waals surface area (Å²) in [7, 11) is 2.13. The highest BCUT2D eigenvalue weighted by molar-refractivity contribution is 5.77. The summed E-state index contributed by atoms with van der Waals surface area (Å²) in [6.07, 6.45) is 2.18.